The quantitative estimate of drug-likeness (QED) is 0.797. The zero-order valence-electron chi connectivity index (χ0n) is 11.7. The predicted octanol–water partition coefficient (Wildman–Crippen LogP) is 3.00. The maximum atomic E-state index is 13.4. The van der Waals surface area contributed by atoms with Gasteiger partial charge in [-0.05, 0) is 40.0 Å². The Morgan fingerprint density at radius 3 is 2.48 bits per heavy atom. The van der Waals surface area contributed by atoms with Crippen molar-refractivity contribution < 1.29 is 32.3 Å². The van der Waals surface area contributed by atoms with Gasteiger partial charge in [-0.15, -0.1) is 0 Å². The summed E-state index contributed by atoms with van der Waals surface area (Å²) in [5.41, 5.74) is -2.64. The summed E-state index contributed by atoms with van der Waals surface area (Å²) in [4.78, 5) is 24.0. The van der Waals surface area contributed by atoms with E-state index in [-0.39, 0.29) is 17.4 Å². The number of carbonyl (C=O) groups is 2. The van der Waals surface area contributed by atoms with Gasteiger partial charge < -0.3 is 10.0 Å². The first-order chi connectivity index (χ1) is 10.6. The van der Waals surface area contributed by atoms with Crippen LogP contribution in [0.3, 0.4) is 0 Å². The molecule has 1 atom stereocenters. The number of aliphatic carboxylic acids is 1. The molecule has 1 heterocycles. The number of benzene rings is 1. The average molecular weight is 398 g/mol. The Kier molecular flexibility index (Phi) is 4.70. The minimum atomic E-state index is -4.95. The maximum absolute atomic E-state index is 13.4. The Morgan fingerprint density at radius 2 is 2.00 bits per heavy atom. The Labute approximate surface area is 137 Å². The number of likely N-dealkylation sites (tertiary alicyclic amines) is 1. The summed E-state index contributed by atoms with van der Waals surface area (Å²) in [5.74, 6) is -3.25. The highest BCUT2D eigenvalue weighted by atomic mass is 79.9. The molecule has 23 heavy (non-hydrogen) atoms. The van der Waals surface area contributed by atoms with Crippen LogP contribution in [0.4, 0.5) is 17.6 Å². The second kappa shape index (κ2) is 6.10. The first kappa shape index (κ1) is 17.7. The molecule has 9 heteroatoms. The lowest BCUT2D eigenvalue weighted by atomic mass is 9.86. The number of hydrogen-bond acceptors (Lipinski definition) is 2. The molecule has 1 N–H and O–H groups in total. The average Bonchev–Trinajstić information content (AvgIpc) is 2.89. The van der Waals surface area contributed by atoms with Gasteiger partial charge in [0.25, 0.3) is 0 Å². The van der Waals surface area contributed by atoms with Crippen LogP contribution in [0.5, 0.6) is 0 Å². The van der Waals surface area contributed by atoms with E-state index in [1.54, 1.807) is 0 Å². The van der Waals surface area contributed by atoms with E-state index < -0.39 is 42.3 Å². The van der Waals surface area contributed by atoms with Crippen molar-refractivity contribution in [3.8, 4) is 0 Å². The van der Waals surface area contributed by atoms with Gasteiger partial charge >= 0.3 is 12.1 Å². The normalized spacial score (nSPS) is 21.5. The number of carbonyl (C=O) groups excluding carboxylic acids is 1. The van der Waals surface area contributed by atoms with Gasteiger partial charge in [-0.25, -0.2) is 4.39 Å². The van der Waals surface area contributed by atoms with Crippen LogP contribution in [-0.4, -0.2) is 41.1 Å². The lowest BCUT2D eigenvalue weighted by molar-refractivity contribution is -0.227. The summed E-state index contributed by atoms with van der Waals surface area (Å²) in [6.45, 7) is -1.23. The molecule has 0 radical (unpaired) electrons. The van der Waals surface area contributed by atoms with Crippen LogP contribution in [0.15, 0.2) is 22.7 Å². The molecular formula is C14H12BrF4NO3. The van der Waals surface area contributed by atoms with E-state index in [0.717, 1.165) is 11.0 Å². The fourth-order valence-corrected chi connectivity index (χ4v) is 2.73. The van der Waals surface area contributed by atoms with Crippen molar-refractivity contribution >= 4 is 27.8 Å². The predicted molar refractivity (Wildman–Crippen MR) is 75.1 cm³/mol. The molecule has 4 nitrogen and oxygen atoms in total. The molecule has 0 aromatic heterocycles. The minimum absolute atomic E-state index is 0.205. The van der Waals surface area contributed by atoms with E-state index in [1.165, 1.54) is 12.1 Å². The van der Waals surface area contributed by atoms with E-state index in [4.69, 9.17) is 5.11 Å². The third-order valence-corrected chi connectivity index (χ3v) is 4.56. The second-order valence-electron chi connectivity index (χ2n) is 5.38. The van der Waals surface area contributed by atoms with Crippen LogP contribution in [0.2, 0.25) is 0 Å². The Bertz CT molecular complexity index is 649. The van der Waals surface area contributed by atoms with Gasteiger partial charge in [0.1, 0.15) is 5.82 Å². The van der Waals surface area contributed by atoms with Crippen LogP contribution in [-0.2, 0) is 16.0 Å². The van der Waals surface area contributed by atoms with Crippen LogP contribution < -0.4 is 0 Å². The molecule has 1 unspecified atom stereocenters. The first-order valence-electron chi connectivity index (χ1n) is 6.59. The largest absolute Gasteiger partial charge is 0.481 e. The zero-order chi connectivity index (χ0) is 17.4. The van der Waals surface area contributed by atoms with Crippen molar-refractivity contribution in [3.05, 3.63) is 34.1 Å². The molecule has 1 saturated heterocycles. The third kappa shape index (κ3) is 3.34. The summed E-state index contributed by atoms with van der Waals surface area (Å²) in [5, 5.41) is 8.94. The number of carboxylic acids is 1. The van der Waals surface area contributed by atoms with Crippen molar-refractivity contribution in [1.29, 1.82) is 0 Å². The van der Waals surface area contributed by atoms with Gasteiger partial charge in [0.2, 0.25) is 5.91 Å². The van der Waals surface area contributed by atoms with Crippen molar-refractivity contribution in [3.63, 3.8) is 0 Å². The van der Waals surface area contributed by atoms with Gasteiger partial charge in [0.15, 0.2) is 5.41 Å². The maximum Gasteiger partial charge on any atom is 0.406 e. The standard InChI is InChI=1S/C14H12BrF4NO3/c15-9-2-1-8(5-10(9)16)6-11(21)20-4-3-13(7-20,12(22)23)14(17,18)19/h1-2,5H,3-4,6-7H2,(H,22,23). The topological polar surface area (TPSA) is 57.6 Å². The third-order valence-electron chi connectivity index (χ3n) is 3.91. The van der Waals surface area contributed by atoms with E-state index in [1.807, 2.05) is 0 Å². The molecule has 1 amide bonds. The van der Waals surface area contributed by atoms with Crippen LogP contribution in [0.1, 0.15) is 12.0 Å². The number of alkyl halides is 3. The molecule has 0 spiro atoms. The SMILES string of the molecule is O=C(Cc1ccc(Br)c(F)c1)N1CCC(C(=O)O)(C(F)(F)F)C1. The van der Waals surface area contributed by atoms with Gasteiger partial charge in [-0.3, -0.25) is 9.59 Å². The summed E-state index contributed by atoms with van der Waals surface area (Å²) in [6, 6.07) is 3.96. The molecule has 126 valence electrons. The minimum Gasteiger partial charge on any atom is -0.481 e. The van der Waals surface area contributed by atoms with E-state index in [9.17, 15) is 27.2 Å². The fourth-order valence-electron chi connectivity index (χ4n) is 2.49. The molecular weight excluding hydrogens is 386 g/mol. The molecule has 0 bridgehead atoms. The molecule has 1 aromatic rings. The number of halogens is 5. The number of hydrogen-bond donors (Lipinski definition) is 1. The number of nitrogens with zero attached hydrogens (tertiary/aromatic N) is 1. The van der Waals surface area contributed by atoms with Crippen LogP contribution in [0.25, 0.3) is 0 Å². The molecule has 1 aromatic carbocycles. The molecule has 0 aliphatic carbocycles. The van der Waals surface area contributed by atoms with Crippen molar-refractivity contribution in [2.45, 2.75) is 19.0 Å². The number of amides is 1. The van der Waals surface area contributed by atoms with Crippen LogP contribution in [0, 0.1) is 11.2 Å². The second-order valence-corrected chi connectivity index (χ2v) is 6.23. The first-order valence-corrected chi connectivity index (χ1v) is 7.38. The van der Waals surface area contributed by atoms with E-state index >= 15 is 0 Å². The monoisotopic (exact) mass is 397 g/mol. The molecule has 1 aliphatic rings. The Hall–Kier alpha value is -1.64. The Morgan fingerprint density at radius 1 is 1.35 bits per heavy atom. The van der Waals surface area contributed by atoms with Crippen molar-refractivity contribution in [2.75, 3.05) is 13.1 Å². The van der Waals surface area contributed by atoms with Crippen LogP contribution >= 0.6 is 15.9 Å². The fraction of sp³-hybridized carbons (Fsp3) is 0.429. The van der Waals surface area contributed by atoms with Gasteiger partial charge in [-0.1, -0.05) is 6.07 Å². The lowest BCUT2D eigenvalue weighted by Crippen LogP contribution is -2.47. The van der Waals surface area contributed by atoms with Crippen molar-refractivity contribution in [1.82, 2.24) is 4.90 Å². The summed E-state index contributed by atoms with van der Waals surface area (Å²) >= 11 is 2.95. The zero-order valence-corrected chi connectivity index (χ0v) is 13.2. The highest BCUT2D eigenvalue weighted by Gasteiger charge is 2.64. The van der Waals surface area contributed by atoms with Gasteiger partial charge in [-0.2, -0.15) is 13.2 Å². The van der Waals surface area contributed by atoms with E-state index in [0.29, 0.717) is 5.56 Å². The summed E-state index contributed by atoms with van der Waals surface area (Å²) < 4.78 is 52.8. The van der Waals surface area contributed by atoms with Gasteiger partial charge in [0.05, 0.1) is 10.9 Å². The molecule has 0 saturated carbocycles. The number of carboxylic acid groups (broad SMARTS) is 1. The summed E-state index contributed by atoms with van der Waals surface area (Å²) in [7, 11) is 0. The molecule has 1 fully saturated rings. The van der Waals surface area contributed by atoms with Gasteiger partial charge in [0, 0.05) is 13.1 Å². The molecule has 1 aliphatic heterocycles. The summed E-state index contributed by atoms with van der Waals surface area (Å²) in [6.07, 6.45) is -5.93. The number of rotatable bonds is 3. The van der Waals surface area contributed by atoms with E-state index in [2.05, 4.69) is 15.9 Å². The highest BCUT2D eigenvalue weighted by Crippen LogP contribution is 2.45. The lowest BCUT2D eigenvalue weighted by Gasteiger charge is -2.27. The molecule has 2 rings (SSSR count). The Balaban J connectivity index is 2.13. The van der Waals surface area contributed by atoms with Crippen molar-refractivity contribution in [2.24, 2.45) is 5.41 Å². The highest BCUT2D eigenvalue weighted by molar-refractivity contribution is 9.10. The smallest absolute Gasteiger partial charge is 0.406 e.